The Hall–Kier alpha value is -0.303. The van der Waals surface area contributed by atoms with Crippen molar-refractivity contribution in [3.63, 3.8) is 0 Å². The molecule has 91 valence electrons. The van der Waals surface area contributed by atoms with Crippen LogP contribution in [0.3, 0.4) is 0 Å². The molecule has 0 aromatic rings. The van der Waals surface area contributed by atoms with E-state index in [-0.39, 0.29) is 8.80 Å². The summed E-state index contributed by atoms with van der Waals surface area (Å²) < 4.78 is 0. The molecule has 0 aromatic carbocycles. The maximum absolute atomic E-state index is 4.06. The molecule has 1 heteroatoms. The van der Waals surface area contributed by atoms with Crippen LogP contribution in [0.15, 0.2) is 24.8 Å². The number of hydrogen-bond donors (Lipinski definition) is 0. The van der Waals surface area contributed by atoms with Crippen molar-refractivity contribution in [2.24, 2.45) is 5.92 Å². The molecule has 0 N–H and O–H groups in total. The van der Waals surface area contributed by atoms with Crippen molar-refractivity contribution in [1.82, 2.24) is 0 Å². The van der Waals surface area contributed by atoms with Crippen LogP contribution in [0.4, 0.5) is 0 Å². The van der Waals surface area contributed by atoms with Crippen molar-refractivity contribution in [3.05, 3.63) is 24.8 Å². The minimum absolute atomic E-state index is 0.290. The normalized spacial score (nSPS) is 22.7. The van der Waals surface area contributed by atoms with Crippen LogP contribution in [0.2, 0.25) is 17.1 Å². The van der Waals surface area contributed by atoms with Gasteiger partial charge in [0, 0.05) is 0 Å². The fourth-order valence-corrected chi connectivity index (χ4v) is 6.63. The van der Waals surface area contributed by atoms with Crippen molar-refractivity contribution < 1.29 is 0 Å². The molecule has 1 radical (unpaired) electrons. The molecule has 0 amide bonds. The minimum atomic E-state index is -0.290. The maximum atomic E-state index is 4.06. The smallest absolute Gasteiger partial charge is 0.0629 e. The number of allylic oxidation sites excluding steroid dienone is 3. The second kappa shape index (κ2) is 7.11. The lowest BCUT2D eigenvalue weighted by molar-refractivity contribution is 0.671. The van der Waals surface area contributed by atoms with Crippen LogP contribution in [-0.2, 0) is 0 Å². The molecule has 1 aliphatic rings. The molecule has 1 aliphatic carbocycles. The fraction of sp³-hybridized carbons (Fsp3) is 0.733. The Labute approximate surface area is 103 Å². The first-order chi connectivity index (χ1) is 7.69. The zero-order valence-electron chi connectivity index (χ0n) is 11.2. The standard InChI is InChI=1S/C15H27Si/c1-5-14(6-2)16(12-13(3)4)15-10-8-7-9-11-15/h5,8,10,13-15H,1,6-7,9,11-12H2,2-4H3. The monoisotopic (exact) mass is 235 g/mol. The Bertz CT molecular complexity index is 230. The number of rotatable bonds is 6. The Morgan fingerprint density at radius 3 is 2.69 bits per heavy atom. The zero-order valence-corrected chi connectivity index (χ0v) is 12.2. The van der Waals surface area contributed by atoms with Gasteiger partial charge in [0.1, 0.15) is 0 Å². The highest BCUT2D eigenvalue weighted by atomic mass is 28.3. The van der Waals surface area contributed by atoms with Gasteiger partial charge < -0.3 is 0 Å². The van der Waals surface area contributed by atoms with E-state index in [4.69, 9.17) is 0 Å². The molecule has 0 aromatic heterocycles. The van der Waals surface area contributed by atoms with E-state index < -0.39 is 0 Å². The molecule has 0 aliphatic heterocycles. The lowest BCUT2D eigenvalue weighted by atomic mass is 10.1. The lowest BCUT2D eigenvalue weighted by Gasteiger charge is -2.31. The largest absolute Gasteiger partial charge is 0.103 e. The molecule has 0 bridgehead atoms. The van der Waals surface area contributed by atoms with Gasteiger partial charge >= 0.3 is 0 Å². The molecule has 0 nitrogen and oxygen atoms in total. The van der Waals surface area contributed by atoms with Gasteiger partial charge in [-0.2, -0.15) is 0 Å². The molecule has 1 rings (SSSR count). The van der Waals surface area contributed by atoms with E-state index in [9.17, 15) is 0 Å². The summed E-state index contributed by atoms with van der Waals surface area (Å²) in [6.07, 6.45) is 12.6. The van der Waals surface area contributed by atoms with Gasteiger partial charge in [0.15, 0.2) is 0 Å². The maximum Gasteiger partial charge on any atom is 0.0629 e. The topological polar surface area (TPSA) is 0 Å². The van der Waals surface area contributed by atoms with Gasteiger partial charge in [0.25, 0.3) is 0 Å². The molecule has 2 unspecified atom stereocenters. The van der Waals surface area contributed by atoms with E-state index in [1.165, 1.54) is 31.7 Å². The Kier molecular flexibility index (Phi) is 6.11. The van der Waals surface area contributed by atoms with Crippen molar-refractivity contribution in [3.8, 4) is 0 Å². The summed E-state index contributed by atoms with van der Waals surface area (Å²) in [5.41, 5.74) is 1.71. The van der Waals surface area contributed by atoms with Crippen molar-refractivity contribution in [1.29, 1.82) is 0 Å². The predicted molar refractivity (Wildman–Crippen MR) is 76.4 cm³/mol. The van der Waals surface area contributed by atoms with Gasteiger partial charge in [-0.25, -0.2) is 0 Å². The molecule has 0 fully saturated rings. The van der Waals surface area contributed by atoms with E-state index in [0.29, 0.717) is 0 Å². The Balaban J connectivity index is 2.71. The Morgan fingerprint density at radius 2 is 2.25 bits per heavy atom. The molecule has 2 atom stereocenters. The summed E-state index contributed by atoms with van der Waals surface area (Å²) in [5.74, 6) is 0.846. The first kappa shape index (κ1) is 13.8. The highest BCUT2D eigenvalue weighted by Crippen LogP contribution is 2.36. The average Bonchev–Trinajstić information content (AvgIpc) is 2.30. The number of hydrogen-bond acceptors (Lipinski definition) is 0. The first-order valence-electron chi connectivity index (χ1n) is 6.83. The molecular formula is C15H27Si. The molecule has 16 heavy (non-hydrogen) atoms. The average molecular weight is 235 g/mol. The van der Waals surface area contributed by atoms with Gasteiger partial charge in [-0.1, -0.05) is 51.5 Å². The van der Waals surface area contributed by atoms with Gasteiger partial charge in [0.2, 0.25) is 0 Å². The van der Waals surface area contributed by atoms with Gasteiger partial charge in [-0.15, -0.1) is 6.58 Å². The summed E-state index contributed by atoms with van der Waals surface area (Å²) in [7, 11) is -0.290. The van der Waals surface area contributed by atoms with Gasteiger partial charge in [0.05, 0.1) is 8.80 Å². The van der Waals surface area contributed by atoms with Crippen LogP contribution < -0.4 is 0 Å². The predicted octanol–water partition coefficient (Wildman–Crippen LogP) is 5.21. The van der Waals surface area contributed by atoms with Crippen LogP contribution >= 0.6 is 0 Å². The van der Waals surface area contributed by atoms with Gasteiger partial charge in [-0.3, -0.25) is 0 Å². The van der Waals surface area contributed by atoms with E-state index in [2.05, 4.69) is 45.6 Å². The van der Waals surface area contributed by atoms with E-state index in [0.717, 1.165) is 17.0 Å². The van der Waals surface area contributed by atoms with E-state index in [1.807, 2.05) is 0 Å². The summed E-state index contributed by atoms with van der Waals surface area (Å²) in [4.78, 5) is 0. The molecular weight excluding hydrogens is 208 g/mol. The molecule has 0 heterocycles. The van der Waals surface area contributed by atoms with Crippen LogP contribution in [0.25, 0.3) is 0 Å². The third-order valence-electron chi connectivity index (χ3n) is 3.58. The third kappa shape index (κ3) is 3.93. The van der Waals surface area contributed by atoms with Crippen molar-refractivity contribution in [2.75, 3.05) is 0 Å². The van der Waals surface area contributed by atoms with Crippen LogP contribution in [0.5, 0.6) is 0 Å². The Morgan fingerprint density at radius 1 is 1.50 bits per heavy atom. The molecule has 0 saturated carbocycles. The minimum Gasteiger partial charge on any atom is -0.103 e. The highest BCUT2D eigenvalue weighted by Gasteiger charge is 2.28. The lowest BCUT2D eigenvalue weighted by Crippen LogP contribution is -2.27. The second-order valence-corrected chi connectivity index (χ2v) is 8.43. The fourth-order valence-electron chi connectivity index (χ4n) is 2.75. The van der Waals surface area contributed by atoms with E-state index >= 15 is 0 Å². The summed E-state index contributed by atoms with van der Waals surface area (Å²) in [6, 6.07) is 1.45. The van der Waals surface area contributed by atoms with Crippen LogP contribution in [0.1, 0.15) is 46.5 Å². The quantitative estimate of drug-likeness (QED) is 0.438. The summed E-state index contributed by atoms with van der Waals surface area (Å²) >= 11 is 0. The summed E-state index contributed by atoms with van der Waals surface area (Å²) in [6.45, 7) is 11.1. The van der Waals surface area contributed by atoms with Crippen LogP contribution in [0, 0.1) is 5.92 Å². The van der Waals surface area contributed by atoms with Gasteiger partial charge in [-0.05, 0) is 36.3 Å². The summed E-state index contributed by atoms with van der Waals surface area (Å²) in [5, 5.41) is 0. The third-order valence-corrected chi connectivity index (χ3v) is 7.89. The van der Waals surface area contributed by atoms with Crippen LogP contribution in [-0.4, -0.2) is 8.80 Å². The zero-order chi connectivity index (χ0) is 12.0. The highest BCUT2D eigenvalue weighted by molar-refractivity contribution is 6.63. The molecule has 0 saturated heterocycles. The van der Waals surface area contributed by atoms with Crippen molar-refractivity contribution in [2.45, 2.75) is 63.6 Å². The van der Waals surface area contributed by atoms with E-state index in [1.54, 1.807) is 0 Å². The SMILES string of the molecule is C=CC(CC)[Si](CC(C)C)C1C=CCCC1. The molecule has 0 spiro atoms. The first-order valence-corrected chi connectivity index (χ1v) is 8.70. The second-order valence-electron chi connectivity index (χ2n) is 5.39. The van der Waals surface area contributed by atoms with Crippen molar-refractivity contribution >= 4 is 8.80 Å².